The van der Waals surface area contributed by atoms with Gasteiger partial charge in [0.1, 0.15) is 11.6 Å². The number of esters is 1. The Morgan fingerprint density at radius 2 is 1.97 bits per heavy atom. The molecule has 5 rings (SSSR count). The number of carbonyl (C=O) groups is 2. The fourth-order valence-corrected chi connectivity index (χ4v) is 4.87. The highest BCUT2D eigenvalue weighted by Gasteiger charge is 2.35. The third kappa shape index (κ3) is 5.88. The van der Waals surface area contributed by atoms with Crippen molar-refractivity contribution in [2.75, 3.05) is 25.0 Å². The van der Waals surface area contributed by atoms with E-state index >= 15 is 0 Å². The molecule has 0 radical (unpaired) electrons. The molecule has 0 bridgehead atoms. The zero-order valence-electron chi connectivity index (χ0n) is 20.5. The maximum Gasteiger partial charge on any atom is 0.311 e. The van der Waals surface area contributed by atoms with Crippen LogP contribution in [0.4, 0.5) is 5.95 Å². The van der Waals surface area contributed by atoms with E-state index in [0.717, 1.165) is 37.8 Å². The number of ether oxygens (including phenoxy) is 1. The fraction of sp³-hybridized carbons (Fsp3) is 0.423. The number of anilines is 1. The van der Waals surface area contributed by atoms with Crippen LogP contribution in [0.3, 0.4) is 0 Å². The number of hydrogen-bond acceptors (Lipinski definition) is 7. The summed E-state index contributed by atoms with van der Waals surface area (Å²) < 4.78 is 6.96. The molecule has 1 N–H and O–H groups in total. The molecule has 1 aromatic carbocycles. The van der Waals surface area contributed by atoms with Crippen LogP contribution >= 0.6 is 23.2 Å². The Kier molecular flexibility index (Phi) is 7.62. The Balaban J connectivity index is 1.44. The van der Waals surface area contributed by atoms with Crippen LogP contribution in [0, 0.1) is 5.92 Å². The van der Waals surface area contributed by atoms with E-state index in [0.29, 0.717) is 39.9 Å². The Hall–Kier alpha value is -3.17. The van der Waals surface area contributed by atoms with Crippen molar-refractivity contribution in [3.8, 4) is 17.2 Å². The molecule has 2 aliphatic rings. The molecule has 1 aliphatic heterocycles. The largest absolute Gasteiger partial charge is 0.466 e. The number of hydrogen-bond donors (Lipinski definition) is 1. The number of imidazole rings is 1. The van der Waals surface area contributed by atoms with Gasteiger partial charge in [0, 0.05) is 43.0 Å². The van der Waals surface area contributed by atoms with Gasteiger partial charge in [0.15, 0.2) is 0 Å². The van der Waals surface area contributed by atoms with Crippen molar-refractivity contribution >= 4 is 41.0 Å². The Morgan fingerprint density at radius 3 is 2.73 bits per heavy atom. The van der Waals surface area contributed by atoms with Gasteiger partial charge in [-0.1, -0.05) is 23.2 Å². The van der Waals surface area contributed by atoms with Crippen LogP contribution in [0.15, 0.2) is 36.7 Å². The standard InChI is InChI=1S/C26H28Cl2N6O3/c1-2-37-23(35)13-19-14-30-24(17-7-8-20(27)21(28)12-17)34(19)22-9-10-29-26(32-22)31-18-4-3-11-33(15-18)25(36)16-5-6-16/h7-10,12,14,16,18H,2-6,11,13,15H2,1H3,(H,29,31,32)/t18-/m0/s1. The maximum atomic E-state index is 12.6. The summed E-state index contributed by atoms with van der Waals surface area (Å²) in [7, 11) is 0. The molecule has 2 aromatic heterocycles. The van der Waals surface area contributed by atoms with E-state index in [1.807, 2.05) is 11.0 Å². The molecule has 11 heteroatoms. The molecule has 1 saturated heterocycles. The minimum absolute atomic E-state index is 0.0236. The van der Waals surface area contributed by atoms with Gasteiger partial charge in [-0.05, 0) is 56.9 Å². The number of halogens is 2. The van der Waals surface area contributed by atoms with Gasteiger partial charge < -0.3 is 15.0 Å². The van der Waals surface area contributed by atoms with Gasteiger partial charge in [-0.2, -0.15) is 4.98 Å². The average Bonchev–Trinajstić information content (AvgIpc) is 3.66. The van der Waals surface area contributed by atoms with E-state index < -0.39 is 0 Å². The average molecular weight is 543 g/mol. The van der Waals surface area contributed by atoms with Crippen molar-refractivity contribution in [1.29, 1.82) is 0 Å². The predicted octanol–water partition coefficient (Wildman–Crippen LogP) is 4.55. The number of likely N-dealkylation sites (tertiary alicyclic amines) is 1. The van der Waals surface area contributed by atoms with E-state index in [9.17, 15) is 9.59 Å². The molecule has 0 spiro atoms. The van der Waals surface area contributed by atoms with E-state index in [1.165, 1.54) is 0 Å². The lowest BCUT2D eigenvalue weighted by molar-refractivity contribution is -0.142. The van der Waals surface area contributed by atoms with Crippen LogP contribution in [-0.4, -0.2) is 62.0 Å². The number of nitrogens with one attached hydrogen (secondary N) is 1. The first kappa shape index (κ1) is 25.5. The smallest absolute Gasteiger partial charge is 0.311 e. The predicted molar refractivity (Wildman–Crippen MR) is 141 cm³/mol. The second kappa shape index (κ2) is 11.1. The van der Waals surface area contributed by atoms with Gasteiger partial charge in [0.05, 0.1) is 28.8 Å². The minimum Gasteiger partial charge on any atom is -0.466 e. The molecular formula is C26H28Cl2N6O3. The summed E-state index contributed by atoms with van der Waals surface area (Å²) in [6, 6.07) is 7.06. The zero-order chi connectivity index (χ0) is 25.9. The van der Waals surface area contributed by atoms with Gasteiger partial charge in [-0.25, -0.2) is 9.97 Å². The van der Waals surface area contributed by atoms with Gasteiger partial charge in [-0.3, -0.25) is 14.2 Å². The van der Waals surface area contributed by atoms with E-state index in [-0.39, 0.29) is 36.9 Å². The highest BCUT2D eigenvalue weighted by Crippen LogP contribution is 2.32. The summed E-state index contributed by atoms with van der Waals surface area (Å²) in [6.45, 7) is 3.49. The van der Waals surface area contributed by atoms with Crippen molar-refractivity contribution in [2.45, 2.75) is 45.1 Å². The summed E-state index contributed by atoms with van der Waals surface area (Å²) in [5, 5.41) is 4.24. The molecule has 1 amide bonds. The molecule has 3 aromatic rings. The fourth-order valence-electron chi connectivity index (χ4n) is 4.58. The quantitative estimate of drug-likeness (QED) is 0.416. The van der Waals surface area contributed by atoms with Crippen LogP contribution in [0.2, 0.25) is 10.0 Å². The van der Waals surface area contributed by atoms with Crippen molar-refractivity contribution in [3.05, 3.63) is 52.4 Å². The van der Waals surface area contributed by atoms with Crippen molar-refractivity contribution in [2.24, 2.45) is 5.92 Å². The molecule has 1 saturated carbocycles. The summed E-state index contributed by atoms with van der Waals surface area (Å²) in [6.07, 6.45) is 7.17. The second-order valence-electron chi connectivity index (χ2n) is 9.30. The molecular weight excluding hydrogens is 515 g/mol. The molecule has 9 nitrogen and oxygen atoms in total. The van der Waals surface area contributed by atoms with Gasteiger partial charge in [0.2, 0.25) is 11.9 Å². The summed E-state index contributed by atoms with van der Waals surface area (Å²) in [5.74, 6) is 1.64. The first-order chi connectivity index (χ1) is 17.9. The number of carbonyl (C=O) groups excluding carboxylic acids is 2. The van der Waals surface area contributed by atoms with Crippen LogP contribution < -0.4 is 5.32 Å². The topological polar surface area (TPSA) is 102 Å². The summed E-state index contributed by atoms with van der Waals surface area (Å²) in [5.41, 5.74) is 1.34. The van der Waals surface area contributed by atoms with E-state index in [1.54, 1.807) is 42.1 Å². The van der Waals surface area contributed by atoms with Crippen LogP contribution in [-0.2, 0) is 20.7 Å². The SMILES string of the molecule is CCOC(=O)Cc1cnc(-c2ccc(Cl)c(Cl)c2)n1-c1ccnc(N[C@H]2CCCN(C(=O)C3CC3)C2)n1. The van der Waals surface area contributed by atoms with Crippen LogP contribution in [0.1, 0.15) is 38.3 Å². The first-order valence-electron chi connectivity index (χ1n) is 12.5. The van der Waals surface area contributed by atoms with E-state index in [2.05, 4.69) is 15.3 Å². The number of nitrogens with zero attached hydrogens (tertiary/aromatic N) is 5. The lowest BCUT2D eigenvalue weighted by atomic mass is 10.1. The lowest BCUT2D eigenvalue weighted by Crippen LogP contribution is -2.45. The third-order valence-corrected chi connectivity index (χ3v) is 7.25. The zero-order valence-corrected chi connectivity index (χ0v) is 22.0. The van der Waals surface area contributed by atoms with Crippen molar-refractivity contribution < 1.29 is 14.3 Å². The molecule has 37 heavy (non-hydrogen) atoms. The van der Waals surface area contributed by atoms with Gasteiger partial charge in [0.25, 0.3) is 0 Å². The maximum absolute atomic E-state index is 12.6. The molecule has 1 atom stereocenters. The lowest BCUT2D eigenvalue weighted by Gasteiger charge is -2.33. The number of rotatable bonds is 8. The van der Waals surface area contributed by atoms with E-state index in [4.69, 9.17) is 32.9 Å². The van der Waals surface area contributed by atoms with Gasteiger partial charge >= 0.3 is 5.97 Å². The number of benzene rings is 1. The molecule has 3 heterocycles. The Morgan fingerprint density at radius 1 is 1.14 bits per heavy atom. The number of amides is 1. The normalized spacial score (nSPS) is 17.5. The highest BCUT2D eigenvalue weighted by atomic mass is 35.5. The monoisotopic (exact) mass is 542 g/mol. The molecule has 1 aliphatic carbocycles. The van der Waals surface area contributed by atoms with Crippen LogP contribution in [0.25, 0.3) is 17.2 Å². The second-order valence-corrected chi connectivity index (χ2v) is 10.1. The van der Waals surface area contributed by atoms with Gasteiger partial charge in [-0.15, -0.1) is 0 Å². The van der Waals surface area contributed by atoms with Crippen molar-refractivity contribution in [1.82, 2.24) is 24.4 Å². The van der Waals surface area contributed by atoms with Crippen molar-refractivity contribution in [3.63, 3.8) is 0 Å². The van der Waals surface area contributed by atoms with Crippen LogP contribution in [0.5, 0.6) is 0 Å². The minimum atomic E-state index is -0.362. The first-order valence-corrected chi connectivity index (χ1v) is 13.2. The molecule has 194 valence electrons. The number of piperidine rings is 1. The Labute approximate surface area is 225 Å². The molecule has 0 unspecified atom stereocenters. The summed E-state index contributed by atoms with van der Waals surface area (Å²) >= 11 is 12.4. The third-order valence-electron chi connectivity index (χ3n) is 6.51. The summed E-state index contributed by atoms with van der Waals surface area (Å²) in [4.78, 5) is 40.6. The highest BCUT2D eigenvalue weighted by molar-refractivity contribution is 6.42. The number of aromatic nitrogens is 4. The molecule has 2 fully saturated rings. The Bertz CT molecular complexity index is 1310.